The van der Waals surface area contributed by atoms with Crippen LogP contribution in [0.25, 0.3) is 0 Å². The number of H-pyrrole nitrogens is 1. The number of rotatable bonds is 5. The lowest BCUT2D eigenvalue weighted by Gasteiger charge is -2.19. The first-order valence-corrected chi connectivity index (χ1v) is 7.69. The summed E-state index contributed by atoms with van der Waals surface area (Å²) in [7, 11) is 0. The van der Waals surface area contributed by atoms with E-state index in [1.165, 1.54) is 18.3 Å². The van der Waals surface area contributed by atoms with Crippen molar-refractivity contribution < 1.29 is 13.6 Å². The smallest absolute Gasteiger partial charge is 0.272 e. The van der Waals surface area contributed by atoms with Gasteiger partial charge in [-0.3, -0.25) is 14.6 Å². The Hall–Kier alpha value is -3.42. The van der Waals surface area contributed by atoms with Crippen LogP contribution in [0.1, 0.15) is 33.4 Å². The lowest BCUT2D eigenvalue weighted by Crippen LogP contribution is -2.31. The second-order valence-corrected chi connectivity index (χ2v) is 5.45. The quantitative estimate of drug-likeness (QED) is 0.734. The van der Waals surface area contributed by atoms with Gasteiger partial charge in [0.2, 0.25) is 0 Å². The molecule has 0 spiro atoms. The number of hydrogen-bond acceptors (Lipinski definition) is 4. The molecule has 0 fully saturated rings. The number of carbonyl (C=O) groups is 1. The minimum atomic E-state index is -0.911. The number of hydrogen-bond donors (Lipinski definition) is 2. The van der Waals surface area contributed by atoms with Crippen LogP contribution in [0.4, 0.5) is 8.78 Å². The van der Waals surface area contributed by atoms with Crippen LogP contribution in [0.3, 0.4) is 0 Å². The van der Waals surface area contributed by atoms with Gasteiger partial charge in [-0.15, -0.1) is 0 Å². The van der Waals surface area contributed by atoms with Crippen molar-refractivity contribution >= 4 is 5.91 Å². The molecule has 0 saturated heterocycles. The molecule has 0 unspecified atom stereocenters. The number of amides is 1. The number of carbonyl (C=O) groups excluding carboxylic acids is 1. The summed E-state index contributed by atoms with van der Waals surface area (Å²) in [4.78, 5) is 33.6. The molecule has 1 aromatic carbocycles. The lowest BCUT2D eigenvalue weighted by molar-refractivity contribution is 0.0936. The monoisotopic (exact) mass is 356 g/mol. The SMILES string of the molecule is O=C(N[C@@H](c1ccc(CF)cc1)c1ncccc1F)c1c[nH]c(=O)cn1. The predicted molar refractivity (Wildman–Crippen MR) is 89.6 cm³/mol. The Morgan fingerprint density at radius 2 is 1.96 bits per heavy atom. The highest BCUT2D eigenvalue weighted by atomic mass is 19.1. The van der Waals surface area contributed by atoms with E-state index in [0.717, 1.165) is 12.4 Å². The molecule has 0 aliphatic heterocycles. The van der Waals surface area contributed by atoms with Crippen LogP contribution in [0, 0.1) is 5.82 Å². The van der Waals surface area contributed by atoms with Crippen molar-refractivity contribution in [3.63, 3.8) is 0 Å². The molecule has 3 rings (SSSR count). The molecule has 1 atom stereocenters. The van der Waals surface area contributed by atoms with E-state index in [2.05, 4.69) is 20.3 Å². The van der Waals surface area contributed by atoms with Crippen molar-refractivity contribution in [1.82, 2.24) is 20.3 Å². The predicted octanol–water partition coefficient (Wildman–Crippen LogP) is 2.29. The molecular weight excluding hydrogens is 342 g/mol. The summed E-state index contributed by atoms with van der Waals surface area (Å²) in [5.41, 5.74) is 0.514. The second-order valence-electron chi connectivity index (χ2n) is 5.45. The topological polar surface area (TPSA) is 87.7 Å². The third-order valence-electron chi connectivity index (χ3n) is 3.71. The molecule has 0 radical (unpaired) electrons. The molecule has 1 amide bonds. The number of pyridine rings is 1. The van der Waals surface area contributed by atoms with E-state index < -0.39 is 30.0 Å². The zero-order chi connectivity index (χ0) is 18.5. The minimum Gasteiger partial charge on any atom is -0.338 e. The molecule has 0 aliphatic rings. The fourth-order valence-electron chi connectivity index (χ4n) is 2.39. The van der Waals surface area contributed by atoms with Crippen LogP contribution in [-0.2, 0) is 6.67 Å². The molecule has 0 bridgehead atoms. The standard InChI is InChI=1S/C18H14F2N4O2/c19-8-11-3-5-12(6-4-11)16(17-13(20)2-1-7-21-17)24-18(26)14-9-23-15(25)10-22-14/h1-7,9-10,16H,8H2,(H,23,25)(H,24,26)/t16-/m0/s1. The molecule has 0 saturated carbocycles. The number of aromatic amines is 1. The number of nitrogens with one attached hydrogen (secondary N) is 2. The van der Waals surface area contributed by atoms with Gasteiger partial charge in [-0.1, -0.05) is 24.3 Å². The van der Waals surface area contributed by atoms with Crippen LogP contribution >= 0.6 is 0 Å². The van der Waals surface area contributed by atoms with Gasteiger partial charge >= 0.3 is 0 Å². The largest absolute Gasteiger partial charge is 0.338 e. The van der Waals surface area contributed by atoms with Crippen LogP contribution in [0.2, 0.25) is 0 Å². The molecule has 3 aromatic rings. The number of benzene rings is 1. The summed E-state index contributed by atoms with van der Waals surface area (Å²) in [6, 6.07) is 8.04. The summed E-state index contributed by atoms with van der Waals surface area (Å²) in [6.07, 6.45) is 3.54. The normalized spacial score (nSPS) is 11.8. The van der Waals surface area contributed by atoms with Gasteiger partial charge in [0.1, 0.15) is 23.9 Å². The molecule has 6 nitrogen and oxygen atoms in total. The van der Waals surface area contributed by atoms with Gasteiger partial charge in [0.25, 0.3) is 11.5 Å². The zero-order valence-electron chi connectivity index (χ0n) is 13.4. The molecule has 132 valence electrons. The maximum absolute atomic E-state index is 14.2. The van der Waals surface area contributed by atoms with Crippen molar-refractivity contribution in [2.45, 2.75) is 12.7 Å². The van der Waals surface area contributed by atoms with Crippen LogP contribution in [-0.4, -0.2) is 20.9 Å². The second kappa shape index (κ2) is 7.64. The van der Waals surface area contributed by atoms with Gasteiger partial charge in [0.05, 0.1) is 12.2 Å². The fourth-order valence-corrected chi connectivity index (χ4v) is 2.39. The fraction of sp³-hybridized carbons (Fsp3) is 0.111. The van der Waals surface area contributed by atoms with Gasteiger partial charge in [0, 0.05) is 12.4 Å². The molecule has 0 aliphatic carbocycles. The highest BCUT2D eigenvalue weighted by molar-refractivity contribution is 5.92. The minimum absolute atomic E-state index is 0.0123. The number of alkyl halides is 1. The Bertz CT molecular complexity index is 953. The molecule has 8 heteroatoms. The van der Waals surface area contributed by atoms with Gasteiger partial charge < -0.3 is 10.3 Å². The van der Waals surface area contributed by atoms with E-state index in [4.69, 9.17) is 0 Å². The van der Waals surface area contributed by atoms with Crippen molar-refractivity contribution in [1.29, 1.82) is 0 Å². The summed E-state index contributed by atoms with van der Waals surface area (Å²) in [5, 5.41) is 2.64. The molecule has 2 N–H and O–H groups in total. The van der Waals surface area contributed by atoms with Gasteiger partial charge in [-0.25, -0.2) is 13.8 Å². The third kappa shape index (κ3) is 3.80. The lowest BCUT2D eigenvalue weighted by atomic mass is 10.0. The average Bonchev–Trinajstić information content (AvgIpc) is 2.67. The van der Waals surface area contributed by atoms with Crippen molar-refractivity contribution in [3.05, 3.63) is 93.7 Å². The Morgan fingerprint density at radius 1 is 1.19 bits per heavy atom. The highest BCUT2D eigenvalue weighted by Crippen LogP contribution is 2.23. The third-order valence-corrected chi connectivity index (χ3v) is 3.71. The Balaban J connectivity index is 1.97. The summed E-state index contributed by atoms with van der Waals surface area (Å²) >= 11 is 0. The maximum atomic E-state index is 14.2. The summed E-state index contributed by atoms with van der Waals surface area (Å²) in [5.74, 6) is -1.22. The van der Waals surface area contributed by atoms with Gasteiger partial charge in [-0.2, -0.15) is 0 Å². The molecule has 2 heterocycles. The Kier molecular flexibility index (Phi) is 5.12. The van der Waals surface area contributed by atoms with Gasteiger partial charge in [-0.05, 0) is 23.3 Å². The number of aromatic nitrogens is 3. The van der Waals surface area contributed by atoms with E-state index in [-0.39, 0.29) is 11.4 Å². The maximum Gasteiger partial charge on any atom is 0.272 e. The van der Waals surface area contributed by atoms with Gasteiger partial charge in [0.15, 0.2) is 0 Å². The Morgan fingerprint density at radius 3 is 2.58 bits per heavy atom. The number of halogens is 2. The van der Waals surface area contributed by atoms with E-state index in [0.29, 0.717) is 11.1 Å². The number of nitrogens with zero attached hydrogens (tertiary/aromatic N) is 2. The van der Waals surface area contributed by atoms with E-state index in [9.17, 15) is 18.4 Å². The summed E-state index contributed by atoms with van der Waals surface area (Å²) in [6.45, 7) is -0.628. The van der Waals surface area contributed by atoms with Crippen molar-refractivity contribution in [3.8, 4) is 0 Å². The average molecular weight is 356 g/mol. The first-order valence-electron chi connectivity index (χ1n) is 7.69. The molecule has 2 aromatic heterocycles. The highest BCUT2D eigenvalue weighted by Gasteiger charge is 2.22. The molecule has 26 heavy (non-hydrogen) atoms. The van der Waals surface area contributed by atoms with Crippen LogP contribution in [0.15, 0.2) is 59.8 Å². The van der Waals surface area contributed by atoms with Crippen molar-refractivity contribution in [2.75, 3.05) is 0 Å². The van der Waals surface area contributed by atoms with Crippen LogP contribution in [0.5, 0.6) is 0 Å². The molecular formula is C18H14F2N4O2. The Labute approximate surface area is 147 Å². The van der Waals surface area contributed by atoms with Crippen LogP contribution < -0.4 is 10.9 Å². The van der Waals surface area contributed by atoms with E-state index in [1.807, 2.05) is 0 Å². The van der Waals surface area contributed by atoms with E-state index >= 15 is 0 Å². The first-order chi connectivity index (χ1) is 12.6. The van der Waals surface area contributed by atoms with Crippen molar-refractivity contribution in [2.24, 2.45) is 0 Å². The van der Waals surface area contributed by atoms with E-state index in [1.54, 1.807) is 24.3 Å². The summed E-state index contributed by atoms with van der Waals surface area (Å²) < 4.78 is 27.0. The first kappa shape index (κ1) is 17.4. The zero-order valence-corrected chi connectivity index (χ0v) is 13.4.